The molecule has 2 heterocycles. The van der Waals surface area contributed by atoms with Gasteiger partial charge in [0.1, 0.15) is 5.69 Å². The predicted octanol–water partition coefficient (Wildman–Crippen LogP) is 5.95. The van der Waals surface area contributed by atoms with Crippen LogP contribution in [0.5, 0.6) is 0 Å². The number of alkyl halides is 3. The largest absolute Gasteiger partial charge is 0.433 e. The van der Waals surface area contributed by atoms with Crippen molar-refractivity contribution in [1.29, 1.82) is 0 Å². The first-order valence-corrected chi connectivity index (χ1v) is 11.3. The average molecular weight is 464 g/mol. The fraction of sp³-hybridized carbons (Fsp3) is 0.269. The summed E-state index contributed by atoms with van der Waals surface area (Å²) in [6, 6.07) is 17.2. The minimum Gasteiger partial charge on any atom is -0.382 e. The molecule has 0 radical (unpaired) electrons. The molecule has 4 aromatic rings. The quantitative estimate of drug-likeness (QED) is 0.391. The number of halogens is 3. The molecule has 0 atom stereocenters. The van der Waals surface area contributed by atoms with Gasteiger partial charge in [0.25, 0.3) is 5.91 Å². The lowest BCUT2D eigenvalue weighted by Gasteiger charge is -2.31. The number of rotatable bonds is 4. The molecule has 2 aromatic carbocycles. The highest BCUT2D eigenvalue weighted by molar-refractivity contribution is 6.06. The van der Waals surface area contributed by atoms with Crippen LogP contribution in [0, 0.1) is 0 Å². The van der Waals surface area contributed by atoms with Gasteiger partial charge >= 0.3 is 6.18 Å². The molecule has 1 amide bonds. The number of para-hydroxylation sites is 2. The van der Waals surface area contributed by atoms with Crippen LogP contribution in [0.3, 0.4) is 0 Å². The maximum atomic E-state index is 13.4. The molecule has 2 aromatic heterocycles. The van der Waals surface area contributed by atoms with Gasteiger partial charge in [0, 0.05) is 34.7 Å². The second kappa shape index (κ2) is 8.93. The van der Waals surface area contributed by atoms with Crippen LogP contribution in [-0.4, -0.2) is 28.0 Å². The first-order valence-electron chi connectivity index (χ1n) is 11.3. The Hall–Kier alpha value is -3.68. The Morgan fingerprint density at radius 2 is 1.50 bits per heavy atom. The van der Waals surface area contributed by atoms with Crippen molar-refractivity contribution in [3.05, 3.63) is 78.1 Å². The van der Waals surface area contributed by atoms with Crippen molar-refractivity contribution in [3.63, 3.8) is 0 Å². The predicted molar refractivity (Wildman–Crippen MR) is 126 cm³/mol. The second-order valence-corrected chi connectivity index (χ2v) is 8.61. The molecule has 1 fully saturated rings. The zero-order chi connectivity index (χ0) is 23.7. The third-order valence-corrected chi connectivity index (χ3v) is 6.32. The number of nitrogens with zero attached hydrogens (tertiary/aromatic N) is 2. The summed E-state index contributed by atoms with van der Waals surface area (Å²) in [5.74, 6) is -0.134. The number of benzene rings is 2. The summed E-state index contributed by atoms with van der Waals surface area (Å²) >= 11 is 0. The summed E-state index contributed by atoms with van der Waals surface area (Å²) in [5.41, 5.74) is 1.21. The van der Waals surface area contributed by atoms with Gasteiger partial charge in [-0.25, -0.2) is 4.98 Å². The van der Waals surface area contributed by atoms with Crippen LogP contribution in [0.25, 0.3) is 21.8 Å². The Morgan fingerprint density at radius 1 is 0.853 bits per heavy atom. The molecule has 0 aliphatic heterocycles. The Kier molecular flexibility index (Phi) is 5.81. The molecular weight excluding hydrogens is 441 g/mol. The van der Waals surface area contributed by atoms with Crippen LogP contribution in [0.4, 0.5) is 18.9 Å². The Labute approximate surface area is 194 Å². The van der Waals surface area contributed by atoms with Gasteiger partial charge in [-0.3, -0.25) is 9.78 Å². The van der Waals surface area contributed by atoms with E-state index in [1.54, 1.807) is 36.5 Å². The first-order chi connectivity index (χ1) is 16.4. The van der Waals surface area contributed by atoms with E-state index in [0.29, 0.717) is 22.2 Å². The number of carbonyl (C=O) groups is 1. The highest BCUT2D eigenvalue weighted by Gasteiger charge is 2.34. The van der Waals surface area contributed by atoms with E-state index in [0.717, 1.165) is 42.7 Å². The summed E-state index contributed by atoms with van der Waals surface area (Å²) in [6.07, 6.45) is 0.0645. The van der Waals surface area contributed by atoms with E-state index in [1.807, 2.05) is 24.3 Å². The van der Waals surface area contributed by atoms with E-state index < -0.39 is 11.9 Å². The van der Waals surface area contributed by atoms with Crippen LogP contribution >= 0.6 is 0 Å². The number of fused-ring (bicyclic) bond motifs is 2. The van der Waals surface area contributed by atoms with Crippen molar-refractivity contribution < 1.29 is 18.0 Å². The van der Waals surface area contributed by atoms with Crippen LogP contribution in [0.15, 0.2) is 66.9 Å². The third-order valence-electron chi connectivity index (χ3n) is 6.32. The monoisotopic (exact) mass is 464 g/mol. The number of nitrogens with one attached hydrogen (secondary N) is 2. The summed E-state index contributed by atoms with van der Waals surface area (Å²) in [4.78, 5) is 21.0. The van der Waals surface area contributed by atoms with Gasteiger partial charge in [-0.2, -0.15) is 13.2 Å². The van der Waals surface area contributed by atoms with Gasteiger partial charge in [-0.05, 0) is 49.9 Å². The number of hydrogen-bond acceptors (Lipinski definition) is 4. The fourth-order valence-corrected chi connectivity index (χ4v) is 4.60. The highest BCUT2D eigenvalue weighted by atomic mass is 19.4. The maximum Gasteiger partial charge on any atom is 0.433 e. The smallest absolute Gasteiger partial charge is 0.382 e. The van der Waals surface area contributed by atoms with Crippen molar-refractivity contribution in [2.75, 3.05) is 5.32 Å². The number of aromatic nitrogens is 2. The lowest BCUT2D eigenvalue weighted by Crippen LogP contribution is -2.40. The molecule has 1 aliphatic carbocycles. The number of pyridine rings is 2. The van der Waals surface area contributed by atoms with Crippen molar-refractivity contribution >= 4 is 33.4 Å². The molecule has 34 heavy (non-hydrogen) atoms. The van der Waals surface area contributed by atoms with Crippen molar-refractivity contribution in [3.8, 4) is 0 Å². The molecule has 1 aliphatic rings. The Morgan fingerprint density at radius 3 is 2.24 bits per heavy atom. The molecule has 2 N–H and O–H groups in total. The Bertz CT molecular complexity index is 1340. The number of carbonyl (C=O) groups excluding carboxylic acids is 1. The fourth-order valence-electron chi connectivity index (χ4n) is 4.60. The third kappa shape index (κ3) is 4.53. The highest BCUT2D eigenvalue weighted by Crippen LogP contribution is 2.34. The van der Waals surface area contributed by atoms with E-state index in [9.17, 15) is 18.0 Å². The number of hydrogen-bond donors (Lipinski definition) is 2. The molecule has 0 spiro atoms. The molecule has 5 nitrogen and oxygen atoms in total. The normalized spacial score (nSPS) is 18.7. The van der Waals surface area contributed by atoms with Gasteiger partial charge in [0.2, 0.25) is 0 Å². The van der Waals surface area contributed by atoms with Gasteiger partial charge in [-0.15, -0.1) is 0 Å². The van der Waals surface area contributed by atoms with Gasteiger partial charge in [0.15, 0.2) is 0 Å². The van der Waals surface area contributed by atoms with E-state index in [2.05, 4.69) is 20.6 Å². The lowest BCUT2D eigenvalue weighted by molar-refractivity contribution is -0.140. The summed E-state index contributed by atoms with van der Waals surface area (Å²) in [7, 11) is 0. The first kappa shape index (κ1) is 22.1. The minimum absolute atomic E-state index is 0.0115. The molecule has 5 rings (SSSR count). The van der Waals surface area contributed by atoms with Crippen molar-refractivity contribution in [2.45, 2.75) is 43.9 Å². The van der Waals surface area contributed by atoms with Gasteiger partial charge in [-0.1, -0.05) is 36.4 Å². The van der Waals surface area contributed by atoms with E-state index in [1.165, 1.54) is 0 Å². The van der Waals surface area contributed by atoms with Crippen molar-refractivity contribution in [1.82, 2.24) is 15.3 Å². The minimum atomic E-state index is -4.51. The molecule has 174 valence electrons. The summed E-state index contributed by atoms with van der Waals surface area (Å²) in [6.45, 7) is 0. The van der Waals surface area contributed by atoms with E-state index in [-0.39, 0.29) is 18.0 Å². The molecule has 0 unspecified atom stereocenters. The SMILES string of the molecule is O=C(NC1CCC(Nc2cc(C(F)(F)F)nc3ccccc23)CC1)c1ccnc2ccccc12. The van der Waals surface area contributed by atoms with Crippen LogP contribution in [-0.2, 0) is 6.18 Å². The second-order valence-electron chi connectivity index (χ2n) is 8.61. The van der Waals surface area contributed by atoms with Crippen molar-refractivity contribution in [2.24, 2.45) is 0 Å². The van der Waals surface area contributed by atoms with Crippen LogP contribution < -0.4 is 10.6 Å². The van der Waals surface area contributed by atoms with Crippen LogP contribution in [0.1, 0.15) is 41.7 Å². The van der Waals surface area contributed by atoms with E-state index >= 15 is 0 Å². The lowest BCUT2D eigenvalue weighted by atomic mass is 9.90. The molecule has 1 saturated carbocycles. The number of amides is 1. The zero-order valence-corrected chi connectivity index (χ0v) is 18.3. The standard InChI is InChI=1S/C26H23F3N4O/c27-26(28,29)24-15-23(20-6-2-4-8-22(20)33-24)31-16-9-11-17(12-10-16)32-25(34)19-13-14-30-21-7-3-1-5-18(19)21/h1-8,13-17H,9-12H2,(H,31,33)(H,32,34). The van der Waals surface area contributed by atoms with Crippen LogP contribution in [0.2, 0.25) is 0 Å². The molecule has 0 bridgehead atoms. The zero-order valence-electron chi connectivity index (χ0n) is 18.3. The van der Waals surface area contributed by atoms with E-state index in [4.69, 9.17) is 0 Å². The topological polar surface area (TPSA) is 66.9 Å². The molecule has 8 heteroatoms. The molecule has 0 saturated heterocycles. The maximum absolute atomic E-state index is 13.4. The number of anilines is 1. The van der Waals surface area contributed by atoms with Gasteiger partial charge in [0.05, 0.1) is 16.6 Å². The summed E-state index contributed by atoms with van der Waals surface area (Å²) in [5, 5.41) is 7.89. The Balaban J connectivity index is 1.26. The summed E-state index contributed by atoms with van der Waals surface area (Å²) < 4.78 is 40.1. The van der Waals surface area contributed by atoms with Gasteiger partial charge < -0.3 is 10.6 Å². The molecular formula is C26H23F3N4O. The average Bonchev–Trinajstić information content (AvgIpc) is 2.84.